The van der Waals surface area contributed by atoms with E-state index in [-0.39, 0.29) is 5.91 Å². The van der Waals surface area contributed by atoms with Gasteiger partial charge in [-0.3, -0.25) is 4.79 Å². The first kappa shape index (κ1) is 21.0. The van der Waals surface area contributed by atoms with Gasteiger partial charge in [0.05, 0.1) is 5.92 Å². The van der Waals surface area contributed by atoms with Crippen LogP contribution in [0.3, 0.4) is 0 Å². The van der Waals surface area contributed by atoms with Crippen molar-refractivity contribution >= 4 is 34.3 Å². The first-order valence-corrected chi connectivity index (χ1v) is 11.0. The predicted molar refractivity (Wildman–Crippen MR) is 133 cm³/mol. The van der Waals surface area contributed by atoms with Crippen molar-refractivity contribution < 1.29 is 9.21 Å². The fourth-order valence-electron chi connectivity index (χ4n) is 3.90. The lowest BCUT2D eigenvalue weighted by molar-refractivity contribution is -0.116. The number of amides is 1. The van der Waals surface area contributed by atoms with Gasteiger partial charge in [-0.15, -0.1) is 0 Å². The Kier molecular flexibility index (Phi) is 5.68. The summed E-state index contributed by atoms with van der Waals surface area (Å²) < 4.78 is 5.91. The fourth-order valence-corrected chi connectivity index (χ4v) is 4.07. The summed E-state index contributed by atoms with van der Waals surface area (Å²) in [5.74, 6) is -0.0515. The highest BCUT2D eigenvalue weighted by Crippen LogP contribution is 2.31. The van der Waals surface area contributed by atoms with Crippen LogP contribution in [0.4, 0.5) is 5.69 Å². The molecule has 0 saturated carbocycles. The van der Waals surface area contributed by atoms with Crippen LogP contribution >= 0.6 is 11.6 Å². The summed E-state index contributed by atoms with van der Waals surface area (Å²) in [5, 5.41) is 3.73. The van der Waals surface area contributed by atoms with Crippen LogP contribution in [-0.4, -0.2) is 10.9 Å². The van der Waals surface area contributed by atoms with Crippen LogP contribution in [0.2, 0.25) is 5.02 Å². The van der Waals surface area contributed by atoms with E-state index in [1.165, 1.54) is 0 Å². The molecule has 0 unspecified atom stereocenters. The molecule has 0 fully saturated rings. The standard InChI is InChI=1S/C28H21ClN2O2/c1-18-12-13-21(28-31-24-17-22(29)14-15-25(24)33-28)16-23(18)30-27(32)26(19-8-4-2-5-9-19)20-10-6-3-7-11-20/h2-17,26H,1H3,(H,30,32). The number of aromatic nitrogens is 1. The molecule has 0 aliphatic carbocycles. The Morgan fingerprint density at radius 2 is 1.55 bits per heavy atom. The van der Waals surface area contributed by atoms with E-state index in [1.807, 2.05) is 85.8 Å². The van der Waals surface area contributed by atoms with E-state index in [1.54, 1.807) is 18.2 Å². The van der Waals surface area contributed by atoms with Crippen molar-refractivity contribution in [1.29, 1.82) is 0 Å². The Hall–Kier alpha value is -3.89. The Bertz CT molecular complexity index is 1390. The molecule has 0 radical (unpaired) electrons. The summed E-state index contributed by atoms with van der Waals surface area (Å²) in [6, 6.07) is 30.7. The molecule has 0 bridgehead atoms. The molecule has 0 atom stereocenters. The number of fused-ring (bicyclic) bond motifs is 1. The van der Waals surface area contributed by atoms with Gasteiger partial charge in [0.1, 0.15) is 5.52 Å². The largest absolute Gasteiger partial charge is 0.436 e. The van der Waals surface area contributed by atoms with Gasteiger partial charge in [-0.25, -0.2) is 4.98 Å². The van der Waals surface area contributed by atoms with Gasteiger partial charge in [-0.05, 0) is 53.9 Å². The normalized spacial score (nSPS) is 11.1. The van der Waals surface area contributed by atoms with E-state index < -0.39 is 5.92 Å². The molecule has 0 aliphatic heterocycles. The number of rotatable bonds is 5. The number of benzene rings is 4. The Morgan fingerprint density at radius 3 is 2.21 bits per heavy atom. The van der Waals surface area contributed by atoms with Gasteiger partial charge < -0.3 is 9.73 Å². The first-order chi connectivity index (χ1) is 16.1. The van der Waals surface area contributed by atoms with E-state index >= 15 is 0 Å². The molecule has 4 nitrogen and oxygen atoms in total. The third-order valence-electron chi connectivity index (χ3n) is 5.62. The third kappa shape index (κ3) is 4.38. The molecule has 1 heterocycles. The van der Waals surface area contributed by atoms with E-state index in [4.69, 9.17) is 16.0 Å². The van der Waals surface area contributed by atoms with Crippen LogP contribution in [0, 0.1) is 6.92 Å². The topological polar surface area (TPSA) is 55.1 Å². The summed E-state index contributed by atoms with van der Waals surface area (Å²) in [5.41, 5.74) is 5.67. The number of nitrogens with zero attached hydrogens (tertiary/aromatic N) is 1. The van der Waals surface area contributed by atoms with Gasteiger partial charge >= 0.3 is 0 Å². The van der Waals surface area contributed by atoms with Crippen LogP contribution in [-0.2, 0) is 4.79 Å². The highest BCUT2D eigenvalue weighted by Gasteiger charge is 2.23. The third-order valence-corrected chi connectivity index (χ3v) is 5.86. The lowest BCUT2D eigenvalue weighted by atomic mass is 9.90. The minimum absolute atomic E-state index is 0.100. The van der Waals surface area contributed by atoms with Crippen LogP contribution in [0.15, 0.2) is 101 Å². The smallest absolute Gasteiger partial charge is 0.236 e. The average molecular weight is 453 g/mol. The number of oxazole rings is 1. The number of halogens is 1. The maximum absolute atomic E-state index is 13.5. The second-order valence-electron chi connectivity index (χ2n) is 7.90. The zero-order valence-corrected chi connectivity index (χ0v) is 18.7. The van der Waals surface area contributed by atoms with Crippen molar-refractivity contribution in [3.63, 3.8) is 0 Å². The summed E-state index contributed by atoms with van der Waals surface area (Å²) >= 11 is 6.08. The van der Waals surface area contributed by atoms with E-state index in [0.29, 0.717) is 22.0 Å². The second kappa shape index (κ2) is 8.93. The van der Waals surface area contributed by atoms with Crippen molar-refractivity contribution in [2.24, 2.45) is 0 Å². The van der Waals surface area contributed by atoms with E-state index in [9.17, 15) is 4.79 Å². The van der Waals surface area contributed by atoms with Crippen LogP contribution in [0.25, 0.3) is 22.6 Å². The van der Waals surface area contributed by atoms with Crippen molar-refractivity contribution in [1.82, 2.24) is 4.98 Å². The SMILES string of the molecule is Cc1ccc(-c2nc3cc(Cl)ccc3o2)cc1NC(=O)C(c1ccccc1)c1ccccc1. The van der Waals surface area contributed by atoms with Gasteiger partial charge in [-0.1, -0.05) is 78.3 Å². The van der Waals surface area contributed by atoms with Crippen molar-refractivity contribution in [3.8, 4) is 11.5 Å². The van der Waals surface area contributed by atoms with Gasteiger partial charge in [-0.2, -0.15) is 0 Å². The molecule has 0 spiro atoms. The number of carbonyl (C=O) groups is 1. The molecule has 0 aliphatic rings. The van der Waals surface area contributed by atoms with Gasteiger partial charge in [0.15, 0.2) is 5.58 Å². The lowest BCUT2D eigenvalue weighted by Gasteiger charge is -2.19. The van der Waals surface area contributed by atoms with E-state index in [2.05, 4.69) is 10.3 Å². The fraction of sp³-hybridized carbons (Fsp3) is 0.0714. The summed E-state index contributed by atoms with van der Waals surface area (Å²) in [6.45, 7) is 1.96. The Labute approximate surface area is 196 Å². The van der Waals surface area contributed by atoms with Crippen LogP contribution < -0.4 is 5.32 Å². The minimum Gasteiger partial charge on any atom is -0.436 e. The van der Waals surface area contributed by atoms with Crippen LogP contribution in [0.1, 0.15) is 22.6 Å². The first-order valence-electron chi connectivity index (χ1n) is 10.7. The molecule has 1 N–H and O–H groups in total. The lowest BCUT2D eigenvalue weighted by Crippen LogP contribution is -2.22. The quantitative estimate of drug-likeness (QED) is 0.306. The monoisotopic (exact) mass is 452 g/mol. The Morgan fingerprint density at radius 1 is 0.879 bits per heavy atom. The molecular formula is C28H21ClN2O2. The summed E-state index contributed by atoms with van der Waals surface area (Å²) in [7, 11) is 0. The summed E-state index contributed by atoms with van der Waals surface area (Å²) in [4.78, 5) is 18.1. The molecule has 5 aromatic rings. The van der Waals surface area contributed by atoms with Gasteiger partial charge in [0, 0.05) is 16.3 Å². The molecule has 0 saturated heterocycles. The predicted octanol–water partition coefficient (Wildman–Crippen LogP) is 7.23. The molecular weight excluding hydrogens is 432 g/mol. The molecule has 33 heavy (non-hydrogen) atoms. The number of anilines is 1. The maximum atomic E-state index is 13.5. The number of hydrogen-bond acceptors (Lipinski definition) is 3. The van der Waals surface area contributed by atoms with Crippen molar-refractivity contribution in [3.05, 3.63) is 119 Å². The number of aryl methyl sites for hydroxylation is 1. The highest BCUT2D eigenvalue weighted by atomic mass is 35.5. The van der Waals surface area contributed by atoms with Gasteiger partial charge in [0.2, 0.25) is 11.8 Å². The molecule has 1 amide bonds. The maximum Gasteiger partial charge on any atom is 0.236 e. The van der Waals surface area contributed by atoms with E-state index in [0.717, 1.165) is 27.9 Å². The zero-order chi connectivity index (χ0) is 22.8. The molecule has 162 valence electrons. The highest BCUT2D eigenvalue weighted by molar-refractivity contribution is 6.31. The Balaban J connectivity index is 1.49. The number of hydrogen-bond donors (Lipinski definition) is 1. The molecule has 1 aromatic heterocycles. The number of nitrogens with one attached hydrogen (secondary N) is 1. The van der Waals surface area contributed by atoms with Crippen molar-refractivity contribution in [2.45, 2.75) is 12.8 Å². The number of carbonyl (C=O) groups excluding carboxylic acids is 1. The summed E-state index contributed by atoms with van der Waals surface area (Å²) in [6.07, 6.45) is 0. The second-order valence-corrected chi connectivity index (χ2v) is 8.34. The minimum atomic E-state index is -0.429. The molecule has 5 heteroatoms. The van der Waals surface area contributed by atoms with Gasteiger partial charge in [0.25, 0.3) is 0 Å². The molecule has 4 aromatic carbocycles. The zero-order valence-electron chi connectivity index (χ0n) is 18.0. The van der Waals surface area contributed by atoms with Crippen molar-refractivity contribution in [2.75, 3.05) is 5.32 Å². The van der Waals surface area contributed by atoms with Crippen LogP contribution in [0.5, 0.6) is 0 Å². The average Bonchev–Trinajstić information content (AvgIpc) is 3.25. The molecule has 5 rings (SSSR count).